The summed E-state index contributed by atoms with van der Waals surface area (Å²) in [7, 11) is 0. The molecule has 0 fully saturated rings. The van der Waals surface area contributed by atoms with Crippen LogP contribution in [0.3, 0.4) is 0 Å². The highest BCUT2D eigenvalue weighted by Crippen LogP contribution is 2.29. The monoisotopic (exact) mass is 257 g/mol. The standard InChI is InChI=1S/C14H15N3S/c1-9(2)10-3-5-11(6-4-10)12-8-18-13-7-16-14(15)17(12)13/h3-9H,1-2H3,(H2,15,16). The van der Waals surface area contributed by atoms with Gasteiger partial charge < -0.3 is 5.73 Å². The third-order valence-corrected chi connectivity index (χ3v) is 4.03. The molecule has 2 aromatic heterocycles. The molecule has 0 aliphatic heterocycles. The van der Waals surface area contributed by atoms with Crippen LogP contribution in [-0.4, -0.2) is 9.38 Å². The molecule has 1 aromatic carbocycles. The van der Waals surface area contributed by atoms with Gasteiger partial charge in [-0.05, 0) is 17.0 Å². The second kappa shape index (κ2) is 4.14. The van der Waals surface area contributed by atoms with Crippen molar-refractivity contribution in [1.29, 1.82) is 0 Å². The Morgan fingerprint density at radius 1 is 1.22 bits per heavy atom. The molecular weight excluding hydrogens is 242 g/mol. The molecule has 3 rings (SSSR count). The third-order valence-electron chi connectivity index (χ3n) is 3.16. The lowest BCUT2D eigenvalue weighted by molar-refractivity contribution is 0.867. The Balaban J connectivity index is 2.11. The fraction of sp³-hybridized carbons (Fsp3) is 0.214. The van der Waals surface area contributed by atoms with E-state index in [1.807, 2.05) is 10.6 Å². The lowest BCUT2D eigenvalue weighted by atomic mass is 10.0. The Hall–Kier alpha value is -1.81. The summed E-state index contributed by atoms with van der Waals surface area (Å²) in [5, 5.41) is 2.12. The molecule has 0 amide bonds. The van der Waals surface area contributed by atoms with Crippen LogP contribution >= 0.6 is 11.3 Å². The van der Waals surface area contributed by atoms with Crippen molar-refractivity contribution < 1.29 is 0 Å². The predicted molar refractivity (Wildman–Crippen MR) is 77.0 cm³/mol. The van der Waals surface area contributed by atoms with Gasteiger partial charge in [-0.25, -0.2) is 4.98 Å². The molecular formula is C14H15N3S. The van der Waals surface area contributed by atoms with E-state index < -0.39 is 0 Å². The number of anilines is 1. The molecule has 0 bridgehead atoms. The number of nitrogens with zero attached hydrogens (tertiary/aromatic N) is 2. The number of benzene rings is 1. The van der Waals surface area contributed by atoms with Crippen molar-refractivity contribution in [3.63, 3.8) is 0 Å². The van der Waals surface area contributed by atoms with Crippen molar-refractivity contribution in [1.82, 2.24) is 9.38 Å². The van der Waals surface area contributed by atoms with Gasteiger partial charge in [0.25, 0.3) is 0 Å². The van der Waals surface area contributed by atoms with Gasteiger partial charge in [0.1, 0.15) is 4.83 Å². The minimum atomic E-state index is 0.550. The summed E-state index contributed by atoms with van der Waals surface area (Å²) in [4.78, 5) is 5.22. The first kappa shape index (κ1) is 11.3. The van der Waals surface area contributed by atoms with Gasteiger partial charge in [-0.2, -0.15) is 0 Å². The topological polar surface area (TPSA) is 43.3 Å². The van der Waals surface area contributed by atoms with Crippen LogP contribution < -0.4 is 5.73 Å². The van der Waals surface area contributed by atoms with Crippen LogP contribution in [0.1, 0.15) is 25.3 Å². The highest BCUT2D eigenvalue weighted by Gasteiger charge is 2.09. The molecule has 3 aromatic rings. The Morgan fingerprint density at radius 3 is 2.61 bits per heavy atom. The second-order valence-corrected chi connectivity index (χ2v) is 5.58. The number of imidazole rings is 1. The number of nitrogens with two attached hydrogens (primary N) is 1. The number of hydrogen-bond acceptors (Lipinski definition) is 3. The van der Waals surface area contributed by atoms with Crippen LogP contribution in [0.4, 0.5) is 5.95 Å². The maximum atomic E-state index is 5.90. The zero-order valence-corrected chi connectivity index (χ0v) is 11.2. The number of aromatic nitrogens is 2. The van der Waals surface area contributed by atoms with Crippen molar-refractivity contribution in [2.24, 2.45) is 0 Å². The average molecular weight is 257 g/mol. The van der Waals surface area contributed by atoms with Crippen molar-refractivity contribution in [2.45, 2.75) is 19.8 Å². The number of rotatable bonds is 2. The molecule has 18 heavy (non-hydrogen) atoms. The molecule has 0 saturated heterocycles. The van der Waals surface area contributed by atoms with Gasteiger partial charge >= 0.3 is 0 Å². The van der Waals surface area contributed by atoms with Gasteiger partial charge in [0.05, 0.1) is 11.9 Å². The van der Waals surface area contributed by atoms with Crippen molar-refractivity contribution in [3.05, 3.63) is 41.4 Å². The van der Waals surface area contributed by atoms with E-state index >= 15 is 0 Å². The minimum Gasteiger partial charge on any atom is -0.369 e. The highest BCUT2D eigenvalue weighted by atomic mass is 32.1. The van der Waals surface area contributed by atoms with Crippen LogP contribution in [0, 0.1) is 0 Å². The van der Waals surface area contributed by atoms with Gasteiger partial charge in [0.15, 0.2) is 0 Å². The Kier molecular flexibility index (Phi) is 2.59. The van der Waals surface area contributed by atoms with E-state index in [0.717, 1.165) is 10.5 Å². The minimum absolute atomic E-state index is 0.550. The molecule has 2 N–H and O–H groups in total. The maximum absolute atomic E-state index is 5.90. The first-order valence-corrected chi connectivity index (χ1v) is 6.85. The van der Waals surface area contributed by atoms with Crippen molar-refractivity contribution >= 4 is 22.1 Å². The zero-order chi connectivity index (χ0) is 12.7. The summed E-state index contributed by atoms with van der Waals surface area (Å²) >= 11 is 1.66. The van der Waals surface area contributed by atoms with E-state index in [1.165, 1.54) is 11.1 Å². The van der Waals surface area contributed by atoms with Crippen molar-refractivity contribution in [3.8, 4) is 11.3 Å². The predicted octanol–water partition coefficient (Wildman–Crippen LogP) is 3.77. The fourth-order valence-electron chi connectivity index (χ4n) is 2.08. The molecule has 0 atom stereocenters. The van der Waals surface area contributed by atoms with Crippen LogP contribution in [0.25, 0.3) is 16.1 Å². The smallest absolute Gasteiger partial charge is 0.206 e. The van der Waals surface area contributed by atoms with E-state index in [-0.39, 0.29) is 0 Å². The largest absolute Gasteiger partial charge is 0.369 e. The molecule has 0 aliphatic rings. The first-order chi connectivity index (χ1) is 8.66. The average Bonchev–Trinajstić information content (AvgIpc) is 2.93. The highest BCUT2D eigenvalue weighted by molar-refractivity contribution is 7.16. The van der Waals surface area contributed by atoms with E-state index in [2.05, 4.69) is 48.5 Å². The third kappa shape index (κ3) is 1.69. The number of nitrogen functional groups attached to an aromatic ring is 1. The summed E-state index contributed by atoms with van der Waals surface area (Å²) in [6, 6.07) is 8.65. The second-order valence-electron chi connectivity index (χ2n) is 4.69. The van der Waals surface area contributed by atoms with Crippen LogP contribution in [-0.2, 0) is 0 Å². The lowest BCUT2D eigenvalue weighted by Crippen LogP contribution is -1.95. The van der Waals surface area contributed by atoms with Crippen LogP contribution in [0.5, 0.6) is 0 Å². The quantitative estimate of drug-likeness (QED) is 0.759. The first-order valence-electron chi connectivity index (χ1n) is 5.97. The van der Waals surface area contributed by atoms with E-state index in [9.17, 15) is 0 Å². The molecule has 0 saturated carbocycles. The molecule has 0 unspecified atom stereocenters. The summed E-state index contributed by atoms with van der Waals surface area (Å²) in [5.41, 5.74) is 9.53. The number of hydrogen-bond donors (Lipinski definition) is 1. The fourth-order valence-corrected chi connectivity index (χ4v) is 2.96. The summed E-state index contributed by atoms with van der Waals surface area (Å²) in [6.07, 6.45) is 1.81. The summed E-state index contributed by atoms with van der Waals surface area (Å²) in [5.74, 6) is 1.11. The number of thiazole rings is 1. The lowest BCUT2D eigenvalue weighted by Gasteiger charge is -2.06. The van der Waals surface area contributed by atoms with Crippen molar-refractivity contribution in [2.75, 3.05) is 5.73 Å². The Labute approximate surface area is 110 Å². The van der Waals surface area contributed by atoms with E-state index in [0.29, 0.717) is 11.9 Å². The zero-order valence-electron chi connectivity index (χ0n) is 10.4. The number of fused-ring (bicyclic) bond motifs is 1. The van der Waals surface area contributed by atoms with E-state index in [1.54, 1.807) is 11.3 Å². The Bertz CT molecular complexity index is 677. The molecule has 0 aliphatic carbocycles. The van der Waals surface area contributed by atoms with Gasteiger partial charge in [-0.3, -0.25) is 4.40 Å². The normalized spacial score (nSPS) is 11.5. The molecule has 0 spiro atoms. The van der Waals surface area contributed by atoms with Crippen LogP contribution in [0.15, 0.2) is 35.8 Å². The van der Waals surface area contributed by atoms with E-state index in [4.69, 9.17) is 5.73 Å². The molecule has 2 heterocycles. The van der Waals surface area contributed by atoms with Gasteiger partial charge in [0, 0.05) is 5.38 Å². The molecule has 3 nitrogen and oxygen atoms in total. The van der Waals surface area contributed by atoms with Gasteiger partial charge in [0.2, 0.25) is 5.95 Å². The summed E-state index contributed by atoms with van der Waals surface area (Å²) < 4.78 is 2.00. The van der Waals surface area contributed by atoms with Gasteiger partial charge in [-0.1, -0.05) is 38.1 Å². The molecule has 0 radical (unpaired) electrons. The SMILES string of the molecule is CC(C)c1ccc(-c2csc3cnc(N)n23)cc1. The molecule has 4 heteroatoms. The summed E-state index contributed by atoms with van der Waals surface area (Å²) in [6.45, 7) is 4.40. The molecule has 92 valence electrons. The Morgan fingerprint density at radius 2 is 1.94 bits per heavy atom. The maximum Gasteiger partial charge on any atom is 0.206 e. The van der Waals surface area contributed by atoms with Crippen LogP contribution in [0.2, 0.25) is 0 Å². The van der Waals surface area contributed by atoms with Gasteiger partial charge in [-0.15, -0.1) is 11.3 Å².